The van der Waals surface area contributed by atoms with Gasteiger partial charge in [-0.3, -0.25) is 19.2 Å². The summed E-state index contributed by atoms with van der Waals surface area (Å²) < 4.78 is 0. The second-order valence-corrected chi connectivity index (χ2v) is 3.76. The smallest absolute Gasteiger partial charge is 0.229 e. The van der Waals surface area contributed by atoms with Crippen molar-refractivity contribution in [1.29, 1.82) is 0 Å². The molecule has 0 aromatic heterocycles. The van der Waals surface area contributed by atoms with Gasteiger partial charge in [-0.2, -0.15) is 0 Å². The maximum atomic E-state index is 11.8. The molecule has 0 aliphatic heterocycles. The summed E-state index contributed by atoms with van der Waals surface area (Å²) in [6, 6.07) is 5.91. The maximum absolute atomic E-state index is 11.8. The monoisotopic (exact) mass is 246 g/mol. The second-order valence-electron chi connectivity index (χ2n) is 3.76. The van der Waals surface area contributed by atoms with Gasteiger partial charge in [0.15, 0.2) is 0 Å². The predicted octanol–water partition coefficient (Wildman–Crippen LogP) is 2.01. The molecule has 0 bridgehead atoms. The third-order valence-electron chi connectivity index (χ3n) is 2.57. The predicted molar refractivity (Wildman–Crippen MR) is 65.7 cm³/mol. The average molecular weight is 246 g/mol. The molecular weight excluding hydrogens is 232 g/mol. The minimum Gasteiger partial charge on any atom is -0.290 e. The summed E-state index contributed by atoms with van der Waals surface area (Å²) in [5, 5.41) is 0. The zero-order chi connectivity index (χ0) is 13.7. The van der Waals surface area contributed by atoms with Crippen molar-refractivity contribution < 1.29 is 19.2 Å². The van der Waals surface area contributed by atoms with Crippen molar-refractivity contribution in [3.05, 3.63) is 35.4 Å². The summed E-state index contributed by atoms with van der Waals surface area (Å²) in [5.74, 6) is -2.57. The lowest BCUT2D eigenvalue weighted by Crippen LogP contribution is -2.20. The van der Waals surface area contributed by atoms with Gasteiger partial charge in [0.2, 0.25) is 23.1 Å². The number of carbonyl (C=O) groups is 4. The van der Waals surface area contributed by atoms with E-state index in [1.165, 1.54) is 12.1 Å². The molecule has 0 amide bonds. The van der Waals surface area contributed by atoms with E-state index in [4.69, 9.17) is 0 Å². The zero-order valence-electron chi connectivity index (χ0n) is 10.4. The van der Waals surface area contributed by atoms with Crippen LogP contribution in [0.4, 0.5) is 0 Å². The molecule has 94 valence electrons. The van der Waals surface area contributed by atoms with Gasteiger partial charge in [0.25, 0.3) is 0 Å². The van der Waals surface area contributed by atoms with Gasteiger partial charge in [-0.1, -0.05) is 38.1 Å². The summed E-state index contributed by atoms with van der Waals surface area (Å²) >= 11 is 0. The molecule has 0 aliphatic carbocycles. The van der Waals surface area contributed by atoms with Gasteiger partial charge in [0.05, 0.1) is 0 Å². The van der Waals surface area contributed by atoms with E-state index in [2.05, 4.69) is 0 Å². The average Bonchev–Trinajstić information content (AvgIpc) is 2.43. The van der Waals surface area contributed by atoms with Gasteiger partial charge >= 0.3 is 0 Å². The first-order chi connectivity index (χ1) is 8.52. The fraction of sp³-hybridized carbons (Fsp3) is 0.286. The van der Waals surface area contributed by atoms with Crippen LogP contribution in [0.25, 0.3) is 0 Å². The Balaban J connectivity index is 3.23. The largest absolute Gasteiger partial charge is 0.290 e. The van der Waals surface area contributed by atoms with Crippen LogP contribution >= 0.6 is 0 Å². The van der Waals surface area contributed by atoms with E-state index in [0.29, 0.717) is 0 Å². The van der Waals surface area contributed by atoms with Crippen LogP contribution < -0.4 is 0 Å². The highest BCUT2D eigenvalue weighted by atomic mass is 16.2. The minimum absolute atomic E-state index is 0.0103. The van der Waals surface area contributed by atoms with Gasteiger partial charge in [0.1, 0.15) is 0 Å². The topological polar surface area (TPSA) is 68.3 Å². The van der Waals surface area contributed by atoms with Crippen LogP contribution in [0.3, 0.4) is 0 Å². The summed E-state index contributed by atoms with van der Waals surface area (Å²) in [4.78, 5) is 46.4. The zero-order valence-corrected chi connectivity index (χ0v) is 10.4. The van der Waals surface area contributed by atoms with E-state index in [1.807, 2.05) is 0 Å². The molecule has 0 saturated heterocycles. The number of hydrogen-bond acceptors (Lipinski definition) is 4. The molecule has 0 N–H and O–H groups in total. The SMILES string of the molecule is CCC(=O)C(=O)c1ccccc1C(=O)C(=O)CC. The second kappa shape index (κ2) is 6.00. The van der Waals surface area contributed by atoms with Crippen molar-refractivity contribution in [3.63, 3.8) is 0 Å². The van der Waals surface area contributed by atoms with E-state index < -0.39 is 23.1 Å². The van der Waals surface area contributed by atoms with E-state index >= 15 is 0 Å². The summed E-state index contributed by atoms with van der Waals surface area (Å²) in [6.07, 6.45) is 0.145. The first-order valence-corrected chi connectivity index (χ1v) is 5.77. The Morgan fingerprint density at radius 3 is 1.39 bits per heavy atom. The van der Waals surface area contributed by atoms with Crippen LogP contribution in [0, 0.1) is 0 Å². The lowest BCUT2D eigenvalue weighted by Gasteiger charge is -2.05. The van der Waals surface area contributed by atoms with Crippen molar-refractivity contribution in [1.82, 2.24) is 0 Å². The Morgan fingerprint density at radius 1 is 0.778 bits per heavy atom. The van der Waals surface area contributed by atoms with E-state index in [1.54, 1.807) is 26.0 Å². The molecule has 0 unspecified atom stereocenters. The van der Waals surface area contributed by atoms with Gasteiger partial charge in [0, 0.05) is 24.0 Å². The molecule has 0 radical (unpaired) electrons. The Hall–Kier alpha value is -2.10. The highest BCUT2D eigenvalue weighted by Gasteiger charge is 2.23. The molecule has 18 heavy (non-hydrogen) atoms. The summed E-state index contributed by atoms with van der Waals surface area (Å²) in [6.45, 7) is 3.14. The number of rotatable bonds is 6. The van der Waals surface area contributed by atoms with Gasteiger partial charge in [-0.05, 0) is 0 Å². The molecule has 0 heterocycles. The maximum Gasteiger partial charge on any atom is 0.229 e. The summed E-state index contributed by atoms with van der Waals surface area (Å²) in [7, 11) is 0. The van der Waals surface area contributed by atoms with Crippen molar-refractivity contribution >= 4 is 23.1 Å². The van der Waals surface area contributed by atoms with E-state index in [0.717, 1.165) is 0 Å². The molecule has 0 spiro atoms. The third kappa shape index (κ3) is 2.77. The molecule has 4 heteroatoms. The van der Waals surface area contributed by atoms with Gasteiger partial charge in [-0.25, -0.2) is 0 Å². The molecule has 0 fully saturated rings. The number of ketones is 4. The minimum atomic E-state index is -0.717. The Bertz CT molecular complexity index is 467. The summed E-state index contributed by atoms with van der Waals surface area (Å²) in [5.41, 5.74) is 0.0206. The Morgan fingerprint density at radius 2 is 1.11 bits per heavy atom. The fourth-order valence-corrected chi connectivity index (χ4v) is 1.50. The van der Waals surface area contributed by atoms with Crippen molar-refractivity contribution in [2.45, 2.75) is 26.7 Å². The van der Waals surface area contributed by atoms with E-state index in [-0.39, 0.29) is 24.0 Å². The highest BCUT2D eigenvalue weighted by molar-refractivity contribution is 6.49. The standard InChI is InChI=1S/C14H14O4/c1-3-11(15)13(17)9-7-5-6-8-10(9)14(18)12(16)4-2/h5-8H,3-4H2,1-2H3. The quantitative estimate of drug-likeness (QED) is 0.568. The molecule has 4 nitrogen and oxygen atoms in total. The van der Waals surface area contributed by atoms with Crippen LogP contribution in [0.15, 0.2) is 24.3 Å². The van der Waals surface area contributed by atoms with Crippen LogP contribution in [0.5, 0.6) is 0 Å². The molecule has 0 saturated carbocycles. The molecule has 0 aliphatic rings. The fourth-order valence-electron chi connectivity index (χ4n) is 1.50. The Kier molecular flexibility index (Phi) is 4.66. The van der Waals surface area contributed by atoms with Crippen LogP contribution in [-0.4, -0.2) is 23.1 Å². The molecule has 1 aromatic rings. The van der Waals surface area contributed by atoms with Crippen LogP contribution in [0.2, 0.25) is 0 Å². The highest BCUT2D eigenvalue weighted by Crippen LogP contribution is 2.13. The van der Waals surface area contributed by atoms with Crippen molar-refractivity contribution in [2.24, 2.45) is 0 Å². The first kappa shape index (κ1) is 14.0. The first-order valence-electron chi connectivity index (χ1n) is 5.77. The van der Waals surface area contributed by atoms with Crippen LogP contribution in [-0.2, 0) is 9.59 Å². The lowest BCUT2D eigenvalue weighted by atomic mass is 9.95. The number of carbonyl (C=O) groups excluding carboxylic acids is 4. The van der Waals surface area contributed by atoms with Gasteiger partial charge in [-0.15, -0.1) is 0 Å². The molecule has 1 rings (SSSR count). The van der Waals surface area contributed by atoms with Crippen molar-refractivity contribution in [3.8, 4) is 0 Å². The van der Waals surface area contributed by atoms with Crippen molar-refractivity contribution in [2.75, 3.05) is 0 Å². The third-order valence-corrected chi connectivity index (χ3v) is 2.57. The van der Waals surface area contributed by atoms with E-state index in [9.17, 15) is 19.2 Å². The molecule has 1 aromatic carbocycles. The van der Waals surface area contributed by atoms with Gasteiger partial charge < -0.3 is 0 Å². The van der Waals surface area contributed by atoms with Crippen LogP contribution in [0.1, 0.15) is 47.4 Å². The number of Topliss-reactive ketones (excluding diaryl/α,β-unsaturated/α-hetero) is 4. The normalized spacial score (nSPS) is 9.89. The molecular formula is C14H14O4. The number of hydrogen-bond donors (Lipinski definition) is 0. The Labute approximate surface area is 105 Å². The molecule has 0 atom stereocenters. The lowest BCUT2D eigenvalue weighted by molar-refractivity contribution is -0.115. The number of benzene rings is 1.